The number of aryl methyl sites for hydroxylation is 1. The maximum Gasteiger partial charge on any atom is 0.270 e. The van der Waals surface area contributed by atoms with Gasteiger partial charge in [-0.2, -0.15) is 0 Å². The second kappa shape index (κ2) is 6.22. The lowest BCUT2D eigenvalue weighted by molar-refractivity contribution is 0.112. The summed E-state index contributed by atoms with van der Waals surface area (Å²) >= 11 is 5.96. The van der Waals surface area contributed by atoms with Gasteiger partial charge in [0.15, 0.2) is 6.29 Å². The van der Waals surface area contributed by atoms with E-state index in [2.05, 4.69) is 10.3 Å². The van der Waals surface area contributed by atoms with Crippen LogP contribution in [0.3, 0.4) is 0 Å². The van der Waals surface area contributed by atoms with Gasteiger partial charge in [0.1, 0.15) is 17.0 Å². The first kappa shape index (κ1) is 15.2. The molecule has 0 saturated carbocycles. The molecule has 3 aromatic rings. The molecule has 0 radical (unpaired) electrons. The summed E-state index contributed by atoms with van der Waals surface area (Å²) in [6.45, 7) is 2.28. The second-order valence-corrected chi connectivity index (χ2v) is 5.60. The van der Waals surface area contributed by atoms with Crippen molar-refractivity contribution in [1.29, 1.82) is 0 Å². The van der Waals surface area contributed by atoms with Crippen molar-refractivity contribution < 1.29 is 4.79 Å². The van der Waals surface area contributed by atoms with E-state index in [1.165, 1.54) is 4.40 Å². The van der Waals surface area contributed by atoms with E-state index in [1.807, 2.05) is 31.2 Å². The summed E-state index contributed by atoms with van der Waals surface area (Å²) < 4.78 is 1.38. The van der Waals surface area contributed by atoms with Crippen molar-refractivity contribution in [3.05, 3.63) is 74.7 Å². The lowest BCUT2D eigenvalue weighted by Crippen LogP contribution is -2.22. The molecule has 116 valence electrons. The van der Waals surface area contributed by atoms with E-state index in [1.54, 1.807) is 18.3 Å². The van der Waals surface area contributed by atoms with Crippen molar-refractivity contribution >= 4 is 29.4 Å². The van der Waals surface area contributed by atoms with Gasteiger partial charge >= 0.3 is 0 Å². The van der Waals surface area contributed by atoms with E-state index in [0.29, 0.717) is 23.5 Å². The summed E-state index contributed by atoms with van der Waals surface area (Å²) in [5.74, 6) is 0.277. The number of anilines is 1. The molecule has 3 rings (SSSR count). The topological polar surface area (TPSA) is 63.5 Å². The van der Waals surface area contributed by atoms with Gasteiger partial charge in [-0.15, -0.1) is 0 Å². The normalized spacial score (nSPS) is 10.7. The number of nitrogens with zero attached hydrogens (tertiary/aromatic N) is 2. The van der Waals surface area contributed by atoms with Crippen molar-refractivity contribution in [1.82, 2.24) is 9.38 Å². The Morgan fingerprint density at radius 2 is 2.13 bits per heavy atom. The van der Waals surface area contributed by atoms with Crippen molar-refractivity contribution in [2.24, 2.45) is 0 Å². The van der Waals surface area contributed by atoms with Gasteiger partial charge in [0.2, 0.25) is 0 Å². The van der Waals surface area contributed by atoms with Crippen LogP contribution in [0.1, 0.15) is 21.5 Å². The minimum absolute atomic E-state index is 0.00938. The quantitative estimate of drug-likeness (QED) is 0.748. The number of hydrogen-bond donors (Lipinski definition) is 1. The van der Waals surface area contributed by atoms with Gasteiger partial charge in [0, 0.05) is 17.8 Å². The fourth-order valence-corrected chi connectivity index (χ4v) is 2.60. The monoisotopic (exact) mass is 327 g/mol. The number of fused-ring (bicyclic) bond motifs is 1. The third-order valence-electron chi connectivity index (χ3n) is 3.55. The Morgan fingerprint density at radius 3 is 2.87 bits per heavy atom. The first-order chi connectivity index (χ1) is 11.1. The lowest BCUT2D eigenvalue weighted by Gasteiger charge is -2.11. The standard InChI is InChI=1S/C17H14ClN3O2/c1-11-4-3-7-21-16(11)20-15(14(10-22)17(21)23)19-9-12-5-2-6-13(18)8-12/h2-8,10,19H,9H2,1H3. The molecule has 23 heavy (non-hydrogen) atoms. The fraction of sp³-hybridized carbons (Fsp3) is 0.118. The Bertz CT molecular complexity index is 950. The summed E-state index contributed by atoms with van der Waals surface area (Å²) in [5, 5.41) is 3.68. The van der Waals surface area contributed by atoms with Crippen LogP contribution in [0.15, 0.2) is 47.4 Å². The molecule has 2 aromatic heterocycles. The zero-order valence-electron chi connectivity index (χ0n) is 12.4. The van der Waals surface area contributed by atoms with Crippen LogP contribution in [-0.2, 0) is 6.54 Å². The van der Waals surface area contributed by atoms with Gasteiger partial charge in [-0.1, -0.05) is 29.8 Å². The molecule has 5 nitrogen and oxygen atoms in total. The van der Waals surface area contributed by atoms with Gasteiger partial charge in [-0.05, 0) is 36.2 Å². The summed E-state index contributed by atoms with van der Waals surface area (Å²) in [7, 11) is 0. The molecule has 2 heterocycles. The molecule has 1 N–H and O–H groups in total. The molecule has 6 heteroatoms. The largest absolute Gasteiger partial charge is 0.365 e. The van der Waals surface area contributed by atoms with Crippen LogP contribution >= 0.6 is 11.6 Å². The molecule has 0 bridgehead atoms. The summed E-state index contributed by atoms with van der Waals surface area (Å²) in [6.07, 6.45) is 2.13. The van der Waals surface area contributed by atoms with Crippen LogP contribution in [-0.4, -0.2) is 15.7 Å². The molecule has 0 spiro atoms. The van der Waals surface area contributed by atoms with E-state index in [9.17, 15) is 9.59 Å². The molecule has 0 aliphatic heterocycles. The predicted octanol–water partition coefficient (Wildman–Crippen LogP) is 3.08. The highest BCUT2D eigenvalue weighted by Crippen LogP contribution is 2.15. The Balaban J connectivity index is 2.04. The van der Waals surface area contributed by atoms with Crippen LogP contribution in [0.5, 0.6) is 0 Å². The van der Waals surface area contributed by atoms with Crippen molar-refractivity contribution in [3.8, 4) is 0 Å². The van der Waals surface area contributed by atoms with Crippen molar-refractivity contribution in [3.63, 3.8) is 0 Å². The van der Waals surface area contributed by atoms with Crippen LogP contribution in [0.4, 0.5) is 5.82 Å². The first-order valence-corrected chi connectivity index (χ1v) is 7.43. The number of aldehydes is 1. The van der Waals surface area contributed by atoms with E-state index in [0.717, 1.165) is 11.1 Å². The van der Waals surface area contributed by atoms with Gasteiger partial charge in [0.05, 0.1) is 0 Å². The Kier molecular flexibility index (Phi) is 4.12. The molecule has 1 aromatic carbocycles. The number of halogens is 1. The molecule has 0 atom stereocenters. The molecule has 0 unspecified atom stereocenters. The van der Waals surface area contributed by atoms with E-state index >= 15 is 0 Å². The zero-order valence-corrected chi connectivity index (χ0v) is 13.2. The summed E-state index contributed by atoms with van der Waals surface area (Å²) in [4.78, 5) is 28.2. The minimum Gasteiger partial charge on any atom is -0.365 e. The van der Waals surface area contributed by atoms with Crippen LogP contribution in [0.2, 0.25) is 5.02 Å². The van der Waals surface area contributed by atoms with Gasteiger partial charge in [-0.25, -0.2) is 4.98 Å². The number of rotatable bonds is 4. The maximum atomic E-state index is 12.4. The number of aromatic nitrogens is 2. The predicted molar refractivity (Wildman–Crippen MR) is 90.4 cm³/mol. The highest BCUT2D eigenvalue weighted by Gasteiger charge is 2.13. The lowest BCUT2D eigenvalue weighted by atomic mass is 10.2. The van der Waals surface area contributed by atoms with Crippen LogP contribution in [0.25, 0.3) is 5.65 Å². The smallest absolute Gasteiger partial charge is 0.270 e. The number of carbonyl (C=O) groups excluding carboxylic acids is 1. The number of pyridine rings is 1. The average Bonchev–Trinajstić information content (AvgIpc) is 2.54. The maximum absolute atomic E-state index is 12.4. The molecule has 0 aliphatic carbocycles. The zero-order chi connectivity index (χ0) is 16.4. The minimum atomic E-state index is -0.387. The average molecular weight is 328 g/mol. The van der Waals surface area contributed by atoms with Gasteiger partial charge in [-0.3, -0.25) is 14.0 Å². The third kappa shape index (κ3) is 2.96. The third-order valence-corrected chi connectivity index (χ3v) is 3.79. The van der Waals surface area contributed by atoms with Crippen LogP contribution in [0, 0.1) is 6.92 Å². The second-order valence-electron chi connectivity index (χ2n) is 5.17. The Labute approximate surface area is 137 Å². The highest BCUT2D eigenvalue weighted by molar-refractivity contribution is 6.30. The molecule has 0 fully saturated rings. The molecule has 0 amide bonds. The number of benzene rings is 1. The summed E-state index contributed by atoms with van der Waals surface area (Å²) in [6, 6.07) is 11.0. The van der Waals surface area contributed by atoms with Gasteiger partial charge in [0.25, 0.3) is 5.56 Å². The Morgan fingerprint density at radius 1 is 1.30 bits per heavy atom. The molecular formula is C17H14ClN3O2. The number of carbonyl (C=O) groups is 1. The summed E-state index contributed by atoms with van der Waals surface area (Å²) in [5.41, 5.74) is 1.93. The molecular weight excluding hydrogens is 314 g/mol. The van der Waals surface area contributed by atoms with E-state index in [-0.39, 0.29) is 16.9 Å². The number of hydrogen-bond acceptors (Lipinski definition) is 4. The first-order valence-electron chi connectivity index (χ1n) is 7.05. The Hall–Kier alpha value is -2.66. The molecule has 0 aliphatic rings. The van der Waals surface area contributed by atoms with Crippen LogP contribution < -0.4 is 10.9 Å². The van der Waals surface area contributed by atoms with Gasteiger partial charge < -0.3 is 5.32 Å². The van der Waals surface area contributed by atoms with Crippen molar-refractivity contribution in [2.45, 2.75) is 13.5 Å². The number of nitrogens with one attached hydrogen (secondary N) is 1. The fourth-order valence-electron chi connectivity index (χ4n) is 2.39. The molecule has 0 saturated heterocycles. The van der Waals surface area contributed by atoms with E-state index in [4.69, 9.17) is 11.6 Å². The van der Waals surface area contributed by atoms with Crippen molar-refractivity contribution in [2.75, 3.05) is 5.32 Å². The van der Waals surface area contributed by atoms with E-state index < -0.39 is 0 Å². The highest BCUT2D eigenvalue weighted by atomic mass is 35.5. The SMILES string of the molecule is Cc1cccn2c(=O)c(C=O)c(NCc3cccc(Cl)c3)nc12.